The van der Waals surface area contributed by atoms with Gasteiger partial charge < -0.3 is 15.0 Å². The minimum Gasteiger partial charge on any atom is -0.496 e. The van der Waals surface area contributed by atoms with Crippen LogP contribution in [0, 0.1) is 6.92 Å². The molecule has 2 rings (SSSR count). The highest BCUT2D eigenvalue weighted by atomic mass is 16.5. The van der Waals surface area contributed by atoms with E-state index in [4.69, 9.17) is 10.5 Å². The number of benzene rings is 1. The van der Waals surface area contributed by atoms with E-state index in [1.165, 1.54) is 0 Å². The predicted molar refractivity (Wildman–Crippen MR) is 78.3 cm³/mol. The number of anilines is 1. The molecule has 0 saturated heterocycles. The maximum atomic E-state index is 6.16. The molecule has 102 valence electrons. The molecule has 0 unspecified atom stereocenters. The van der Waals surface area contributed by atoms with E-state index in [9.17, 15) is 0 Å². The van der Waals surface area contributed by atoms with Crippen LogP contribution < -0.4 is 10.5 Å². The summed E-state index contributed by atoms with van der Waals surface area (Å²) in [5.41, 5.74) is 9.13. The van der Waals surface area contributed by atoms with Crippen LogP contribution in [0.4, 0.5) is 5.82 Å². The lowest BCUT2D eigenvalue weighted by Crippen LogP contribution is -2.01. The zero-order valence-electron chi connectivity index (χ0n) is 12.0. The summed E-state index contributed by atoms with van der Waals surface area (Å²) in [5, 5.41) is 0. The summed E-state index contributed by atoms with van der Waals surface area (Å²) in [7, 11) is 3.64. The van der Waals surface area contributed by atoms with Crippen LogP contribution in [-0.4, -0.2) is 16.7 Å². The van der Waals surface area contributed by atoms with Gasteiger partial charge in [-0.05, 0) is 37.1 Å². The van der Waals surface area contributed by atoms with Crippen LogP contribution in [0.5, 0.6) is 5.75 Å². The number of nitrogen functional groups attached to an aromatic ring is 1. The molecule has 0 bridgehead atoms. The summed E-state index contributed by atoms with van der Waals surface area (Å²) in [5.74, 6) is 2.63. The Morgan fingerprint density at radius 1 is 1.37 bits per heavy atom. The molecule has 0 atom stereocenters. The quantitative estimate of drug-likeness (QED) is 0.918. The third-order valence-electron chi connectivity index (χ3n) is 3.37. The van der Waals surface area contributed by atoms with Crippen molar-refractivity contribution in [3.8, 4) is 17.0 Å². The van der Waals surface area contributed by atoms with Gasteiger partial charge in [-0.25, -0.2) is 4.98 Å². The van der Waals surface area contributed by atoms with E-state index in [0.717, 1.165) is 41.2 Å². The first-order valence-electron chi connectivity index (χ1n) is 6.54. The number of hydrogen-bond acceptors (Lipinski definition) is 3. The van der Waals surface area contributed by atoms with Crippen molar-refractivity contribution in [2.45, 2.75) is 26.7 Å². The number of methoxy groups -OCH3 is 1. The predicted octanol–water partition coefficient (Wildman–Crippen LogP) is 2.94. The fourth-order valence-electron chi connectivity index (χ4n) is 2.24. The molecule has 0 saturated carbocycles. The molecule has 0 aliphatic rings. The highest BCUT2D eigenvalue weighted by molar-refractivity contribution is 5.72. The Balaban J connectivity index is 2.47. The number of ether oxygens (including phenoxy) is 1. The highest BCUT2D eigenvalue weighted by Gasteiger charge is 2.14. The number of rotatable bonds is 4. The second-order valence-electron chi connectivity index (χ2n) is 4.76. The van der Waals surface area contributed by atoms with Gasteiger partial charge >= 0.3 is 0 Å². The van der Waals surface area contributed by atoms with E-state index in [-0.39, 0.29) is 0 Å². The lowest BCUT2D eigenvalue weighted by molar-refractivity contribution is 0.412. The molecule has 0 spiro atoms. The van der Waals surface area contributed by atoms with Crippen molar-refractivity contribution < 1.29 is 4.74 Å². The Hall–Kier alpha value is -1.97. The zero-order valence-corrected chi connectivity index (χ0v) is 12.0. The Morgan fingerprint density at radius 2 is 2.11 bits per heavy atom. The summed E-state index contributed by atoms with van der Waals surface area (Å²) in [6.45, 7) is 4.16. The van der Waals surface area contributed by atoms with Crippen molar-refractivity contribution in [2.75, 3.05) is 12.8 Å². The van der Waals surface area contributed by atoms with E-state index < -0.39 is 0 Å². The zero-order chi connectivity index (χ0) is 14.0. The molecule has 0 radical (unpaired) electrons. The number of nitrogens with two attached hydrogens (primary N) is 1. The van der Waals surface area contributed by atoms with Crippen LogP contribution in [0.2, 0.25) is 0 Å². The van der Waals surface area contributed by atoms with Gasteiger partial charge in [0.2, 0.25) is 0 Å². The van der Waals surface area contributed by atoms with Gasteiger partial charge in [-0.3, -0.25) is 0 Å². The fourth-order valence-corrected chi connectivity index (χ4v) is 2.24. The van der Waals surface area contributed by atoms with Gasteiger partial charge in [-0.2, -0.15) is 0 Å². The van der Waals surface area contributed by atoms with Crippen molar-refractivity contribution >= 4 is 5.82 Å². The molecular formula is C15H21N3O. The van der Waals surface area contributed by atoms with Crippen molar-refractivity contribution in [1.29, 1.82) is 0 Å². The van der Waals surface area contributed by atoms with Gasteiger partial charge in [0.15, 0.2) is 0 Å². The minimum atomic E-state index is 0.716. The average molecular weight is 259 g/mol. The molecular weight excluding hydrogens is 238 g/mol. The smallest absolute Gasteiger partial charge is 0.131 e. The first-order valence-corrected chi connectivity index (χ1v) is 6.54. The molecule has 2 N–H and O–H groups in total. The standard InChI is InChI=1S/C15H21N3O/c1-5-6-13-17-14(15(16)18(13)3)11-7-8-12(19-4)10(2)9-11/h7-9H,5-6,16H2,1-4H3. The van der Waals surface area contributed by atoms with Gasteiger partial charge in [0.25, 0.3) is 0 Å². The van der Waals surface area contributed by atoms with Crippen LogP contribution in [0.1, 0.15) is 24.7 Å². The third kappa shape index (κ3) is 2.43. The molecule has 19 heavy (non-hydrogen) atoms. The van der Waals surface area contributed by atoms with Crippen molar-refractivity contribution in [2.24, 2.45) is 7.05 Å². The molecule has 1 aromatic carbocycles. The van der Waals surface area contributed by atoms with Crippen LogP contribution >= 0.6 is 0 Å². The molecule has 2 aromatic rings. The maximum absolute atomic E-state index is 6.16. The van der Waals surface area contributed by atoms with Gasteiger partial charge in [0.05, 0.1) is 7.11 Å². The first-order chi connectivity index (χ1) is 9.08. The molecule has 4 nitrogen and oxygen atoms in total. The topological polar surface area (TPSA) is 53.1 Å². The molecule has 0 aliphatic heterocycles. The van der Waals surface area contributed by atoms with Crippen LogP contribution in [0.25, 0.3) is 11.3 Å². The van der Waals surface area contributed by atoms with Crippen LogP contribution in [-0.2, 0) is 13.5 Å². The van der Waals surface area contributed by atoms with Crippen LogP contribution in [0.15, 0.2) is 18.2 Å². The molecule has 0 fully saturated rings. The van der Waals surface area contributed by atoms with E-state index in [1.807, 2.05) is 30.7 Å². The summed E-state index contributed by atoms with van der Waals surface area (Å²) in [6.07, 6.45) is 2.00. The Bertz CT molecular complexity index is 587. The third-order valence-corrected chi connectivity index (χ3v) is 3.37. The van der Waals surface area contributed by atoms with E-state index in [1.54, 1.807) is 7.11 Å². The van der Waals surface area contributed by atoms with E-state index >= 15 is 0 Å². The molecule has 1 aromatic heterocycles. The monoisotopic (exact) mass is 259 g/mol. The number of aryl methyl sites for hydroxylation is 2. The second-order valence-corrected chi connectivity index (χ2v) is 4.76. The maximum Gasteiger partial charge on any atom is 0.131 e. The minimum absolute atomic E-state index is 0.716. The number of imidazole rings is 1. The summed E-state index contributed by atoms with van der Waals surface area (Å²) >= 11 is 0. The normalized spacial score (nSPS) is 10.7. The van der Waals surface area contributed by atoms with Crippen molar-refractivity contribution in [3.63, 3.8) is 0 Å². The Labute approximate surface area is 114 Å². The van der Waals surface area contributed by atoms with Gasteiger partial charge in [0, 0.05) is 19.0 Å². The summed E-state index contributed by atoms with van der Waals surface area (Å²) < 4.78 is 7.25. The first kappa shape index (κ1) is 13.5. The molecule has 1 heterocycles. The SMILES string of the molecule is CCCc1nc(-c2ccc(OC)c(C)c2)c(N)n1C. The second kappa shape index (κ2) is 5.34. The van der Waals surface area contributed by atoms with Crippen LogP contribution in [0.3, 0.4) is 0 Å². The molecule has 0 amide bonds. The number of aromatic nitrogens is 2. The van der Waals surface area contributed by atoms with Gasteiger partial charge in [-0.15, -0.1) is 0 Å². The summed E-state index contributed by atoms with van der Waals surface area (Å²) in [4.78, 5) is 4.66. The van der Waals surface area contributed by atoms with E-state index in [2.05, 4.69) is 18.0 Å². The van der Waals surface area contributed by atoms with Gasteiger partial charge in [0.1, 0.15) is 23.1 Å². The van der Waals surface area contributed by atoms with E-state index in [0.29, 0.717) is 5.82 Å². The molecule has 0 aliphatic carbocycles. The fraction of sp³-hybridized carbons (Fsp3) is 0.400. The summed E-state index contributed by atoms with van der Waals surface area (Å²) in [6, 6.07) is 6.02. The van der Waals surface area contributed by atoms with Crippen molar-refractivity contribution in [1.82, 2.24) is 9.55 Å². The van der Waals surface area contributed by atoms with Gasteiger partial charge in [-0.1, -0.05) is 6.92 Å². The number of nitrogens with zero attached hydrogens (tertiary/aromatic N) is 2. The Kier molecular flexibility index (Phi) is 3.79. The molecule has 4 heteroatoms. The Morgan fingerprint density at radius 3 is 2.68 bits per heavy atom. The number of hydrogen-bond donors (Lipinski definition) is 1. The lowest BCUT2D eigenvalue weighted by atomic mass is 10.1. The largest absolute Gasteiger partial charge is 0.496 e. The highest BCUT2D eigenvalue weighted by Crippen LogP contribution is 2.29. The average Bonchev–Trinajstić information content (AvgIpc) is 2.67. The van der Waals surface area contributed by atoms with Crippen molar-refractivity contribution in [3.05, 3.63) is 29.6 Å². The lowest BCUT2D eigenvalue weighted by Gasteiger charge is -2.06.